The van der Waals surface area contributed by atoms with Gasteiger partial charge in [0, 0.05) is 25.7 Å². The smallest absolute Gasteiger partial charge is 0.324 e. The van der Waals surface area contributed by atoms with Crippen molar-refractivity contribution >= 4 is 21.9 Å². The number of piperazine rings is 1. The zero-order valence-electron chi connectivity index (χ0n) is 12.2. The molecule has 1 heterocycles. The minimum absolute atomic E-state index is 0.0124. The lowest BCUT2D eigenvalue weighted by Gasteiger charge is -2.38. The second-order valence-electron chi connectivity index (χ2n) is 5.06. The summed E-state index contributed by atoms with van der Waals surface area (Å²) in [5.74, 6) is -0.495. The summed E-state index contributed by atoms with van der Waals surface area (Å²) in [6.45, 7) is 6.35. The van der Waals surface area contributed by atoms with Gasteiger partial charge < -0.3 is 10.1 Å². The van der Waals surface area contributed by atoms with Crippen LogP contribution in [0.2, 0.25) is 0 Å². The van der Waals surface area contributed by atoms with Gasteiger partial charge in [-0.05, 0) is 47.5 Å². The molecule has 1 aliphatic heterocycles. The molecular weight excluding hydrogens is 339 g/mol. The Morgan fingerprint density at radius 1 is 1.62 bits per heavy atom. The Hall–Kier alpha value is -0.980. The number of ether oxygens (including phenoxy) is 1. The molecule has 0 bridgehead atoms. The van der Waals surface area contributed by atoms with E-state index in [1.54, 1.807) is 19.1 Å². The van der Waals surface area contributed by atoms with Gasteiger partial charge in [-0.3, -0.25) is 9.69 Å². The molecule has 0 saturated carbocycles. The fourth-order valence-corrected chi connectivity index (χ4v) is 3.00. The summed E-state index contributed by atoms with van der Waals surface area (Å²) in [6, 6.07) is 4.67. The fraction of sp³-hybridized carbons (Fsp3) is 0.533. The van der Waals surface area contributed by atoms with E-state index >= 15 is 0 Å². The van der Waals surface area contributed by atoms with Crippen LogP contribution in [0.3, 0.4) is 0 Å². The third-order valence-electron chi connectivity index (χ3n) is 3.77. The van der Waals surface area contributed by atoms with Crippen molar-refractivity contribution in [2.45, 2.75) is 25.9 Å². The van der Waals surface area contributed by atoms with Crippen molar-refractivity contribution in [3.63, 3.8) is 0 Å². The molecular formula is C15H20BrFN2O2. The van der Waals surface area contributed by atoms with E-state index < -0.39 is 0 Å². The Labute approximate surface area is 132 Å². The van der Waals surface area contributed by atoms with Crippen LogP contribution in [0.1, 0.15) is 25.5 Å². The summed E-state index contributed by atoms with van der Waals surface area (Å²) in [7, 11) is 0. The van der Waals surface area contributed by atoms with E-state index in [4.69, 9.17) is 4.74 Å². The first-order valence-electron chi connectivity index (χ1n) is 7.12. The van der Waals surface area contributed by atoms with Gasteiger partial charge in [0.2, 0.25) is 0 Å². The molecule has 0 aromatic heterocycles. The summed E-state index contributed by atoms with van der Waals surface area (Å²) in [6.07, 6.45) is 0. The van der Waals surface area contributed by atoms with Crippen molar-refractivity contribution in [3.8, 4) is 0 Å². The Bertz CT molecular complexity index is 512. The number of halogens is 2. The molecule has 2 rings (SSSR count). The van der Waals surface area contributed by atoms with Crippen molar-refractivity contribution in [2.75, 3.05) is 26.2 Å². The second kappa shape index (κ2) is 7.33. The lowest BCUT2D eigenvalue weighted by atomic mass is 10.0. The Balaban J connectivity index is 2.19. The molecule has 4 nitrogen and oxygen atoms in total. The minimum Gasteiger partial charge on any atom is -0.465 e. The van der Waals surface area contributed by atoms with Crippen LogP contribution in [0, 0.1) is 5.82 Å². The molecule has 1 saturated heterocycles. The van der Waals surface area contributed by atoms with Gasteiger partial charge in [0.1, 0.15) is 11.9 Å². The minimum atomic E-state index is -0.308. The first-order chi connectivity index (χ1) is 10.0. The highest BCUT2D eigenvalue weighted by molar-refractivity contribution is 9.10. The molecule has 1 aromatic rings. The summed E-state index contributed by atoms with van der Waals surface area (Å²) in [4.78, 5) is 14.2. The van der Waals surface area contributed by atoms with Gasteiger partial charge in [0.05, 0.1) is 11.1 Å². The number of esters is 1. The van der Waals surface area contributed by atoms with Crippen LogP contribution in [0.15, 0.2) is 22.7 Å². The highest BCUT2D eigenvalue weighted by atomic mass is 79.9. The molecule has 1 aromatic carbocycles. The maximum Gasteiger partial charge on any atom is 0.324 e. The SMILES string of the molecule is CCOC(=O)C1CNCCN1C(C)c1ccc(F)c(Br)c1. The van der Waals surface area contributed by atoms with E-state index in [2.05, 4.69) is 26.1 Å². The van der Waals surface area contributed by atoms with Crippen LogP contribution in [0.4, 0.5) is 4.39 Å². The first kappa shape index (κ1) is 16.4. The van der Waals surface area contributed by atoms with Crippen LogP contribution in [0.25, 0.3) is 0 Å². The molecule has 6 heteroatoms. The van der Waals surface area contributed by atoms with Gasteiger partial charge in [0.25, 0.3) is 0 Å². The number of hydrogen-bond acceptors (Lipinski definition) is 4. The van der Waals surface area contributed by atoms with Crippen LogP contribution in [-0.4, -0.2) is 43.2 Å². The van der Waals surface area contributed by atoms with Crippen LogP contribution < -0.4 is 5.32 Å². The maximum absolute atomic E-state index is 13.4. The van der Waals surface area contributed by atoms with Gasteiger partial charge in [-0.1, -0.05) is 6.07 Å². The van der Waals surface area contributed by atoms with E-state index in [0.29, 0.717) is 17.6 Å². The number of carbonyl (C=O) groups is 1. The molecule has 1 fully saturated rings. The molecule has 2 atom stereocenters. The third-order valence-corrected chi connectivity index (χ3v) is 4.37. The zero-order chi connectivity index (χ0) is 15.4. The molecule has 2 unspecified atom stereocenters. The number of benzene rings is 1. The van der Waals surface area contributed by atoms with Crippen molar-refractivity contribution in [1.29, 1.82) is 0 Å². The standard InChI is InChI=1S/C15H20BrFN2O2/c1-3-21-15(20)14-9-18-6-7-19(14)10(2)11-4-5-13(17)12(16)8-11/h4-5,8,10,14,18H,3,6-7,9H2,1-2H3. The maximum atomic E-state index is 13.4. The lowest BCUT2D eigenvalue weighted by molar-refractivity contribution is -0.151. The van der Waals surface area contributed by atoms with Gasteiger partial charge >= 0.3 is 5.97 Å². The van der Waals surface area contributed by atoms with E-state index in [-0.39, 0.29) is 23.9 Å². The van der Waals surface area contributed by atoms with Crippen LogP contribution in [-0.2, 0) is 9.53 Å². The molecule has 0 spiro atoms. The van der Waals surface area contributed by atoms with Crippen molar-refractivity contribution in [3.05, 3.63) is 34.1 Å². The lowest BCUT2D eigenvalue weighted by Crippen LogP contribution is -2.55. The largest absolute Gasteiger partial charge is 0.465 e. The zero-order valence-corrected chi connectivity index (χ0v) is 13.8. The molecule has 0 radical (unpaired) electrons. The quantitative estimate of drug-likeness (QED) is 0.839. The van der Waals surface area contributed by atoms with E-state index in [1.165, 1.54) is 6.07 Å². The van der Waals surface area contributed by atoms with Crippen molar-refractivity contribution in [2.24, 2.45) is 0 Å². The van der Waals surface area contributed by atoms with E-state index in [0.717, 1.165) is 18.7 Å². The average molecular weight is 359 g/mol. The Morgan fingerprint density at radius 3 is 3.05 bits per heavy atom. The van der Waals surface area contributed by atoms with Gasteiger partial charge in [0.15, 0.2) is 0 Å². The monoisotopic (exact) mass is 358 g/mol. The number of rotatable bonds is 4. The summed E-state index contributed by atoms with van der Waals surface area (Å²) in [5, 5.41) is 3.22. The number of nitrogens with zero attached hydrogens (tertiary/aromatic N) is 1. The summed E-state index contributed by atoms with van der Waals surface area (Å²) >= 11 is 3.21. The van der Waals surface area contributed by atoms with Crippen LogP contribution >= 0.6 is 15.9 Å². The second-order valence-corrected chi connectivity index (χ2v) is 5.91. The number of nitrogens with one attached hydrogen (secondary N) is 1. The number of carbonyl (C=O) groups excluding carboxylic acids is 1. The van der Waals surface area contributed by atoms with Crippen molar-refractivity contribution < 1.29 is 13.9 Å². The van der Waals surface area contributed by atoms with Crippen LogP contribution in [0.5, 0.6) is 0 Å². The highest BCUT2D eigenvalue weighted by Gasteiger charge is 2.33. The Kier molecular flexibility index (Phi) is 5.72. The first-order valence-corrected chi connectivity index (χ1v) is 7.92. The summed E-state index contributed by atoms with van der Waals surface area (Å²) < 4.78 is 19.0. The molecule has 1 aliphatic rings. The normalized spacial score (nSPS) is 21.0. The topological polar surface area (TPSA) is 41.6 Å². The Morgan fingerprint density at radius 2 is 2.38 bits per heavy atom. The third kappa shape index (κ3) is 3.81. The van der Waals surface area contributed by atoms with Crippen molar-refractivity contribution in [1.82, 2.24) is 10.2 Å². The molecule has 0 aliphatic carbocycles. The van der Waals surface area contributed by atoms with E-state index in [1.807, 2.05) is 6.92 Å². The fourth-order valence-electron chi connectivity index (χ4n) is 2.60. The highest BCUT2D eigenvalue weighted by Crippen LogP contribution is 2.27. The predicted molar refractivity (Wildman–Crippen MR) is 82.5 cm³/mol. The predicted octanol–water partition coefficient (Wildman–Crippen LogP) is 2.49. The van der Waals surface area contributed by atoms with Gasteiger partial charge in [-0.2, -0.15) is 0 Å². The molecule has 116 valence electrons. The van der Waals surface area contributed by atoms with Gasteiger partial charge in [-0.25, -0.2) is 4.39 Å². The molecule has 0 amide bonds. The molecule has 21 heavy (non-hydrogen) atoms. The average Bonchev–Trinajstić information content (AvgIpc) is 2.49. The number of hydrogen-bond donors (Lipinski definition) is 1. The van der Waals surface area contributed by atoms with E-state index in [9.17, 15) is 9.18 Å². The molecule has 1 N–H and O–H groups in total. The summed E-state index contributed by atoms with van der Waals surface area (Å²) in [5.41, 5.74) is 0.972. The van der Waals surface area contributed by atoms with Gasteiger partial charge in [-0.15, -0.1) is 0 Å².